The van der Waals surface area contributed by atoms with E-state index in [2.05, 4.69) is 20.3 Å². The summed E-state index contributed by atoms with van der Waals surface area (Å²) in [5.74, 6) is -1.76. The number of benzene rings is 2. The summed E-state index contributed by atoms with van der Waals surface area (Å²) in [4.78, 5) is 56.4. The molecule has 2 aromatic carbocycles. The number of fused-ring (bicyclic) bond motifs is 3. The molecule has 6 N–H and O–H groups in total. The summed E-state index contributed by atoms with van der Waals surface area (Å²) in [5.41, 5.74) is 12.6. The summed E-state index contributed by atoms with van der Waals surface area (Å²) < 4.78 is 43.8. The molecule has 0 bridgehead atoms. The molecule has 3 atom stereocenters. The number of ketones is 2. The lowest BCUT2D eigenvalue weighted by atomic mass is 9.89. The van der Waals surface area contributed by atoms with Crippen molar-refractivity contribution in [3.8, 4) is 0 Å². The number of nitrogens with one attached hydrogen (secondary N) is 2. The van der Waals surface area contributed by atoms with Crippen molar-refractivity contribution in [2.24, 2.45) is 17.4 Å². The minimum absolute atomic E-state index is 0.0619. The maximum Gasteiger partial charge on any atom is 0.416 e. The normalized spacial score (nSPS) is 19.6. The fourth-order valence-electron chi connectivity index (χ4n) is 6.86. The highest BCUT2D eigenvalue weighted by Gasteiger charge is 2.37. The number of rotatable bonds is 9. The standard InChI is InChI=1S/C38H45ClF3N7O3S/c1-49-32(19-24-21-47-29-9-3-2-8-25(24)29)33(50)14-11-26-27(38(40,41)42)12-13-28(39)35(26)53-36-31(45-17-18-46-36)22-48-30(10-6-16-44)34(51)20-23(37(49)52)7-4-5-15-43/h2-3,8-9,12-13,17-18,21,23,30,32,47-48H,4-7,10-11,14-16,19-20,22,43-44H2,1H3/t23-,30+,32+/m1/s1. The highest BCUT2D eigenvalue weighted by Crippen LogP contribution is 2.43. The molecule has 4 aromatic rings. The van der Waals surface area contributed by atoms with E-state index >= 15 is 0 Å². The molecule has 1 aliphatic heterocycles. The van der Waals surface area contributed by atoms with E-state index in [1.54, 1.807) is 6.20 Å². The van der Waals surface area contributed by atoms with E-state index in [0.29, 0.717) is 55.9 Å². The second-order valence-corrected chi connectivity index (χ2v) is 14.7. The Hall–Kier alpha value is -3.82. The average Bonchev–Trinajstić information content (AvgIpc) is 3.55. The van der Waals surface area contributed by atoms with Gasteiger partial charge in [0.05, 0.1) is 28.4 Å². The maximum absolute atomic E-state index is 14.6. The Balaban J connectivity index is 1.63. The number of halogens is 4. The molecular weight excluding hydrogens is 727 g/mol. The number of amides is 1. The first kappa shape index (κ1) is 40.4. The molecule has 3 heterocycles. The van der Waals surface area contributed by atoms with Gasteiger partial charge in [0, 0.05) is 73.2 Å². The monoisotopic (exact) mass is 771 g/mol. The predicted molar refractivity (Wildman–Crippen MR) is 199 cm³/mol. The van der Waals surface area contributed by atoms with Gasteiger partial charge in [-0.1, -0.05) is 48.0 Å². The van der Waals surface area contributed by atoms with Gasteiger partial charge in [0.15, 0.2) is 11.6 Å². The number of hydrogen-bond donors (Lipinski definition) is 4. The van der Waals surface area contributed by atoms with Crippen LogP contribution in [0.15, 0.2) is 64.9 Å². The van der Waals surface area contributed by atoms with Crippen LogP contribution in [0.5, 0.6) is 0 Å². The summed E-state index contributed by atoms with van der Waals surface area (Å²) in [6.45, 7) is 0.824. The molecular formula is C38H45ClF3N7O3S. The number of nitrogens with zero attached hydrogens (tertiary/aromatic N) is 3. The maximum atomic E-state index is 14.6. The average molecular weight is 772 g/mol. The van der Waals surface area contributed by atoms with Crippen molar-refractivity contribution in [2.45, 2.75) is 92.5 Å². The van der Waals surface area contributed by atoms with Crippen LogP contribution in [0.25, 0.3) is 10.9 Å². The van der Waals surface area contributed by atoms with Crippen LogP contribution in [0.2, 0.25) is 5.02 Å². The SMILES string of the molecule is CN1C(=O)[C@H](CCCCN)CC(=O)[C@H](CCCN)NCc2nccnc2Sc2c(Cl)ccc(C(F)(F)F)c2CCC(=O)[C@@H]1Cc1c[nH]c2ccccc12. The second kappa shape index (κ2) is 18.5. The molecule has 0 aliphatic carbocycles. The van der Waals surface area contributed by atoms with Crippen molar-refractivity contribution < 1.29 is 27.6 Å². The Kier molecular flexibility index (Phi) is 14.1. The fourth-order valence-corrected chi connectivity index (χ4v) is 8.21. The molecule has 0 unspecified atom stereocenters. The predicted octanol–water partition coefficient (Wildman–Crippen LogP) is 6.27. The van der Waals surface area contributed by atoms with Gasteiger partial charge in [-0.2, -0.15) is 13.2 Å². The van der Waals surface area contributed by atoms with E-state index in [4.69, 9.17) is 23.1 Å². The van der Waals surface area contributed by atoms with Crippen LogP contribution in [0, 0.1) is 5.92 Å². The van der Waals surface area contributed by atoms with Gasteiger partial charge >= 0.3 is 6.18 Å². The van der Waals surface area contributed by atoms with Gasteiger partial charge in [-0.05, 0) is 74.5 Å². The fraction of sp³-hybridized carbons (Fsp3) is 0.447. The Labute approximate surface area is 316 Å². The Morgan fingerprint density at radius 3 is 2.47 bits per heavy atom. The lowest BCUT2D eigenvalue weighted by Gasteiger charge is -2.31. The van der Waals surface area contributed by atoms with E-state index in [9.17, 15) is 27.6 Å². The lowest BCUT2D eigenvalue weighted by Crippen LogP contribution is -2.47. The van der Waals surface area contributed by atoms with E-state index in [1.807, 2.05) is 24.3 Å². The molecule has 1 aliphatic rings. The number of aromatic nitrogens is 3. The summed E-state index contributed by atoms with van der Waals surface area (Å²) >= 11 is 7.56. The molecule has 1 amide bonds. The van der Waals surface area contributed by atoms with Gasteiger partial charge in [-0.3, -0.25) is 19.4 Å². The molecule has 0 saturated carbocycles. The lowest BCUT2D eigenvalue weighted by molar-refractivity contribution is -0.143. The third kappa shape index (κ3) is 10.0. The van der Waals surface area contributed by atoms with Gasteiger partial charge in [-0.15, -0.1) is 0 Å². The quantitative estimate of drug-likeness (QED) is 0.144. The van der Waals surface area contributed by atoms with Crippen LogP contribution < -0.4 is 16.8 Å². The number of carbonyl (C=O) groups excluding carboxylic acids is 3. The van der Waals surface area contributed by atoms with Crippen molar-refractivity contribution in [1.82, 2.24) is 25.2 Å². The van der Waals surface area contributed by atoms with Crippen LogP contribution in [-0.4, -0.2) is 69.5 Å². The Bertz CT molecular complexity index is 1910. The number of unbranched alkanes of at least 4 members (excludes halogenated alkanes) is 1. The molecule has 53 heavy (non-hydrogen) atoms. The topological polar surface area (TPSA) is 160 Å². The number of H-pyrrole nitrogens is 1. The van der Waals surface area contributed by atoms with Crippen molar-refractivity contribution in [3.63, 3.8) is 0 Å². The van der Waals surface area contributed by atoms with Crippen LogP contribution in [-0.2, 0) is 39.9 Å². The summed E-state index contributed by atoms with van der Waals surface area (Å²) in [7, 11) is 1.54. The molecule has 2 aromatic heterocycles. The van der Waals surface area contributed by atoms with Gasteiger partial charge in [0.25, 0.3) is 0 Å². The molecule has 0 saturated heterocycles. The smallest absolute Gasteiger partial charge is 0.361 e. The van der Waals surface area contributed by atoms with E-state index < -0.39 is 35.5 Å². The minimum Gasteiger partial charge on any atom is -0.361 e. The molecule has 0 fully saturated rings. The third-order valence-corrected chi connectivity index (χ3v) is 11.4. The molecule has 0 radical (unpaired) electrons. The number of para-hydroxylation sites is 1. The zero-order chi connectivity index (χ0) is 38.1. The third-order valence-electron chi connectivity index (χ3n) is 9.75. The highest BCUT2D eigenvalue weighted by atomic mass is 35.5. The highest BCUT2D eigenvalue weighted by molar-refractivity contribution is 7.99. The van der Waals surface area contributed by atoms with Gasteiger partial charge in [-0.25, -0.2) is 4.98 Å². The van der Waals surface area contributed by atoms with Crippen LogP contribution in [0.1, 0.15) is 67.3 Å². The number of carbonyl (C=O) groups is 3. The number of Topliss-reactive ketones (excluding diaryl/α,β-unsaturated/α-hetero) is 2. The van der Waals surface area contributed by atoms with Crippen LogP contribution >= 0.6 is 23.4 Å². The molecule has 15 heteroatoms. The summed E-state index contributed by atoms with van der Waals surface area (Å²) in [6.07, 6.45) is 1.88. The summed E-state index contributed by atoms with van der Waals surface area (Å²) in [5, 5.41) is 4.49. The molecule has 5 rings (SSSR count). The molecule has 10 nitrogen and oxygen atoms in total. The van der Waals surface area contributed by atoms with Crippen molar-refractivity contribution in [2.75, 3.05) is 20.1 Å². The second-order valence-electron chi connectivity index (χ2n) is 13.3. The van der Waals surface area contributed by atoms with Crippen molar-refractivity contribution >= 4 is 51.7 Å². The van der Waals surface area contributed by atoms with Gasteiger partial charge in [0.2, 0.25) is 5.91 Å². The first-order valence-electron chi connectivity index (χ1n) is 17.8. The Morgan fingerprint density at radius 1 is 0.962 bits per heavy atom. The van der Waals surface area contributed by atoms with E-state index in [1.165, 1.54) is 30.4 Å². The van der Waals surface area contributed by atoms with Gasteiger partial charge in [0.1, 0.15) is 5.03 Å². The van der Waals surface area contributed by atoms with E-state index in [0.717, 1.165) is 34.3 Å². The van der Waals surface area contributed by atoms with E-state index in [-0.39, 0.29) is 59.4 Å². The van der Waals surface area contributed by atoms with Crippen LogP contribution in [0.4, 0.5) is 13.2 Å². The number of nitrogens with two attached hydrogens (primary N) is 2. The van der Waals surface area contributed by atoms with Crippen molar-refractivity contribution in [1.29, 1.82) is 0 Å². The minimum atomic E-state index is -4.74. The zero-order valence-corrected chi connectivity index (χ0v) is 31.1. The largest absolute Gasteiger partial charge is 0.416 e. The van der Waals surface area contributed by atoms with Gasteiger partial charge < -0.3 is 26.7 Å². The Morgan fingerprint density at radius 2 is 1.72 bits per heavy atom. The number of hydrogen-bond acceptors (Lipinski definition) is 9. The van der Waals surface area contributed by atoms with Crippen LogP contribution in [0.3, 0.4) is 0 Å². The molecule has 284 valence electrons. The zero-order valence-electron chi connectivity index (χ0n) is 29.6. The number of aromatic amines is 1. The van der Waals surface area contributed by atoms with Crippen molar-refractivity contribution in [3.05, 3.63) is 82.4 Å². The first-order valence-corrected chi connectivity index (χ1v) is 19.0. The number of alkyl halides is 3. The molecule has 0 spiro atoms. The first-order chi connectivity index (χ1) is 25.4. The summed E-state index contributed by atoms with van der Waals surface area (Å²) in [6, 6.07) is 7.92. The number of likely N-dealkylation sites (N-methyl/N-ethyl adjacent to an activating group) is 1.